The smallest absolute Gasteiger partial charge is 0.309 e. The first kappa shape index (κ1) is 14.5. The van der Waals surface area contributed by atoms with Crippen LogP contribution in [0.25, 0.3) is 11.3 Å². The average molecular weight is 301 g/mol. The van der Waals surface area contributed by atoms with Crippen LogP contribution >= 0.6 is 0 Å². The fourth-order valence-electron chi connectivity index (χ4n) is 2.43. The molecule has 114 valence electrons. The standard InChI is InChI=1S/C17H16FNO3/c18-14-8-4-7-13(9-14)16-10-15(19-22-16)11-21-17(20)12-5-2-1-3-6-12/h1-2,4,7-10,12H,3,5-6,11H2/t12-/m0/s1. The predicted octanol–water partition coefficient (Wildman–Crippen LogP) is 3.88. The van der Waals surface area contributed by atoms with Gasteiger partial charge in [-0.25, -0.2) is 4.39 Å². The van der Waals surface area contributed by atoms with Gasteiger partial charge in [-0.2, -0.15) is 0 Å². The Hall–Kier alpha value is -2.43. The lowest BCUT2D eigenvalue weighted by Crippen LogP contribution is -2.18. The van der Waals surface area contributed by atoms with Crippen molar-refractivity contribution in [2.75, 3.05) is 0 Å². The molecule has 1 aliphatic carbocycles. The number of carbonyl (C=O) groups excluding carboxylic acids is 1. The zero-order chi connectivity index (χ0) is 15.4. The zero-order valence-corrected chi connectivity index (χ0v) is 12.0. The number of aromatic nitrogens is 1. The fourth-order valence-corrected chi connectivity index (χ4v) is 2.43. The van der Waals surface area contributed by atoms with Gasteiger partial charge >= 0.3 is 5.97 Å². The first-order chi connectivity index (χ1) is 10.7. The van der Waals surface area contributed by atoms with Gasteiger partial charge in [0.25, 0.3) is 0 Å². The minimum atomic E-state index is -0.341. The van der Waals surface area contributed by atoms with Crippen LogP contribution in [0.2, 0.25) is 0 Å². The Morgan fingerprint density at radius 2 is 2.27 bits per heavy atom. The molecule has 0 unspecified atom stereocenters. The highest BCUT2D eigenvalue weighted by Gasteiger charge is 2.20. The summed E-state index contributed by atoms with van der Waals surface area (Å²) < 4.78 is 23.6. The maximum atomic E-state index is 13.2. The Labute approximate surface area is 127 Å². The lowest BCUT2D eigenvalue weighted by molar-refractivity contribution is -0.150. The second-order valence-electron chi connectivity index (χ2n) is 5.28. The Bertz CT molecular complexity index is 693. The van der Waals surface area contributed by atoms with Crippen molar-refractivity contribution >= 4 is 5.97 Å². The van der Waals surface area contributed by atoms with Crippen LogP contribution in [0.3, 0.4) is 0 Å². The van der Waals surface area contributed by atoms with Crippen molar-refractivity contribution in [3.63, 3.8) is 0 Å². The van der Waals surface area contributed by atoms with Crippen LogP contribution in [0.4, 0.5) is 4.39 Å². The molecule has 0 amide bonds. The van der Waals surface area contributed by atoms with E-state index in [4.69, 9.17) is 9.26 Å². The number of halogens is 1. The van der Waals surface area contributed by atoms with Crippen molar-refractivity contribution in [1.29, 1.82) is 0 Å². The van der Waals surface area contributed by atoms with Crippen molar-refractivity contribution in [3.05, 3.63) is 54.0 Å². The van der Waals surface area contributed by atoms with Crippen molar-refractivity contribution in [2.24, 2.45) is 5.92 Å². The van der Waals surface area contributed by atoms with Gasteiger partial charge in [-0.05, 0) is 31.4 Å². The number of benzene rings is 1. The van der Waals surface area contributed by atoms with Gasteiger partial charge in [0.1, 0.15) is 18.1 Å². The minimum absolute atomic E-state index is 0.0673. The SMILES string of the molecule is O=C(OCc1cc(-c2cccc(F)c2)on1)[C@H]1CC=CCC1. The molecule has 4 nitrogen and oxygen atoms in total. The van der Waals surface area contributed by atoms with Crippen LogP contribution < -0.4 is 0 Å². The van der Waals surface area contributed by atoms with E-state index in [1.54, 1.807) is 18.2 Å². The van der Waals surface area contributed by atoms with Gasteiger partial charge in [0, 0.05) is 11.6 Å². The molecule has 0 saturated carbocycles. The predicted molar refractivity (Wildman–Crippen MR) is 78.2 cm³/mol. The monoisotopic (exact) mass is 301 g/mol. The van der Waals surface area contributed by atoms with Gasteiger partial charge in [0.2, 0.25) is 0 Å². The summed E-state index contributed by atoms with van der Waals surface area (Å²) >= 11 is 0. The highest BCUT2D eigenvalue weighted by atomic mass is 19.1. The summed E-state index contributed by atoms with van der Waals surface area (Å²) in [6.07, 6.45) is 6.54. The van der Waals surface area contributed by atoms with Gasteiger partial charge in [-0.1, -0.05) is 29.4 Å². The van der Waals surface area contributed by atoms with E-state index in [1.807, 2.05) is 6.08 Å². The average Bonchev–Trinajstić information content (AvgIpc) is 3.02. The molecule has 22 heavy (non-hydrogen) atoms. The summed E-state index contributed by atoms with van der Waals surface area (Å²) in [5.74, 6) is -0.169. The molecule has 0 N–H and O–H groups in total. The summed E-state index contributed by atoms with van der Waals surface area (Å²) in [6, 6.07) is 7.71. The summed E-state index contributed by atoms with van der Waals surface area (Å²) in [7, 11) is 0. The summed E-state index contributed by atoms with van der Waals surface area (Å²) in [6.45, 7) is 0.0673. The first-order valence-electron chi connectivity index (χ1n) is 7.25. The van der Waals surface area contributed by atoms with Crippen molar-refractivity contribution < 1.29 is 18.4 Å². The minimum Gasteiger partial charge on any atom is -0.459 e. The van der Waals surface area contributed by atoms with Gasteiger partial charge < -0.3 is 9.26 Å². The number of rotatable bonds is 4. The third kappa shape index (κ3) is 3.42. The van der Waals surface area contributed by atoms with E-state index < -0.39 is 0 Å². The normalized spacial score (nSPS) is 17.4. The molecule has 0 saturated heterocycles. The summed E-state index contributed by atoms with van der Waals surface area (Å²) in [5.41, 5.74) is 1.11. The number of ether oxygens (including phenoxy) is 1. The van der Waals surface area contributed by atoms with Crippen molar-refractivity contribution in [2.45, 2.75) is 25.9 Å². The van der Waals surface area contributed by atoms with Crippen LogP contribution in [-0.2, 0) is 16.1 Å². The molecule has 1 atom stereocenters. The lowest BCUT2D eigenvalue weighted by Gasteiger charge is -2.15. The molecule has 2 aromatic rings. The summed E-state index contributed by atoms with van der Waals surface area (Å²) in [4.78, 5) is 11.9. The Morgan fingerprint density at radius 1 is 1.36 bits per heavy atom. The molecule has 0 radical (unpaired) electrons. The molecule has 1 heterocycles. The van der Waals surface area contributed by atoms with Crippen LogP contribution in [0.15, 0.2) is 47.0 Å². The summed E-state index contributed by atoms with van der Waals surface area (Å²) in [5, 5.41) is 3.85. The molecule has 1 aromatic carbocycles. The topological polar surface area (TPSA) is 52.3 Å². The molecule has 1 aliphatic rings. The van der Waals surface area contributed by atoms with E-state index >= 15 is 0 Å². The third-order valence-electron chi connectivity index (χ3n) is 3.63. The van der Waals surface area contributed by atoms with E-state index in [1.165, 1.54) is 12.1 Å². The number of nitrogens with zero attached hydrogens (tertiary/aromatic N) is 1. The molecular formula is C17H16FNO3. The molecular weight excluding hydrogens is 285 g/mol. The maximum absolute atomic E-state index is 13.2. The molecule has 0 fully saturated rings. The Morgan fingerprint density at radius 3 is 3.05 bits per heavy atom. The molecule has 0 spiro atoms. The molecule has 0 aliphatic heterocycles. The quantitative estimate of drug-likeness (QED) is 0.635. The van der Waals surface area contributed by atoms with Gasteiger partial charge in [-0.15, -0.1) is 0 Å². The molecule has 3 rings (SSSR count). The Kier molecular flexibility index (Phi) is 4.32. The van der Waals surface area contributed by atoms with E-state index in [0.29, 0.717) is 17.0 Å². The van der Waals surface area contributed by atoms with E-state index in [9.17, 15) is 9.18 Å². The number of esters is 1. The van der Waals surface area contributed by atoms with E-state index in [-0.39, 0.29) is 24.3 Å². The molecule has 1 aromatic heterocycles. The lowest BCUT2D eigenvalue weighted by atomic mass is 9.95. The van der Waals surface area contributed by atoms with Gasteiger partial charge in [0.15, 0.2) is 5.76 Å². The Balaban J connectivity index is 1.60. The van der Waals surface area contributed by atoms with Crippen molar-refractivity contribution in [1.82, 2.24) is 5.16 Å². The maximum Gasteiger partial charge on any atom is 0.309 e. The fraction of sp³-hybridized carbons (Fsp3) is 0.294. The zero-order valence-electron chi connectivity index (χ0n) is 12.0. The van der Waals surface area contributed by atoms with Crippen LogP contribution in [0.1, 0.15) is 25.0 Å². The second kappa shape index (κ2) is 6.56. The highest BCUT2D eigenvalue weighted by Crippen LogP contribution is 2.23. The number of hydrogen-bond acceptors (Lipinski definition) is 4. The number of allylic oxidation sites excluding steroid dienone is 2. The number of carbonyl (C=O) groups is 1. The highest BCUT2D eigenvalue weighted by molar-refractivity contribution is 5.72. The first-order valence-corrected chi connectivity index (χ1v) is 7.25. The largest absolute Gasteiger partial charge is 0.459 e. The molecule has 5 heteroatoms. The third-order valence-corrected chi connectivity index (χ3v) is 3.63. The second-order valence-corrected chi connectivity index (χ2v) is 5.28. The van der Waals surface area contributed by atoms with Crippen molar-refractivity contribution in [3.8, 4) is 11.3 Å². The van der Waals surface area contributed by atoms with E-state index in [2.05, 4.69) is 11.2 Å². The van der Waals surface area contributed by atoms with Crippen LogP contribution in [0.5, 0.6) is 0 Å². The number of hydrogen-bond donors (Lipinski definition) is 0. The molecule has 0 bridgehead atoms. The van der Waals surface area contributed by atoms with Crippen LogP contribution in [0, 0.1) is 11.7 Å². The van der Waals surface area contributed by atoms with Gasteiger partial charge in [0.05, 0.1) is 5.92 Å². The van der Waals surface area contributed by atoms with Gasteiger partial charge in [-0.3, -0.25) is 4.79 Å². The van der Waals surface area contributed by atoms with Crippen LogP contribution in [-0.4, -0.2) is 11.1 Å². The van der Waals surface area contributed by atoms with E-state index in [0.717, 1.165) is 19.3 Å².